The lowest BCUT2D eigenvalue weighted by Gasteiger charge is -2.42. The Balaban J connectivity index is 2.09. The van der Waals surface area contributed by atoms with Gasteiger partial charge in [0.15, 0.2) is 0 Å². The first kappa shape index (κ1) is 12.6. The maximum Gasteiger partial charge on any atom is 0.123 e. The fourth-order valence-electron chi connectivity index (χ4n) is 3.21. The van der Waals surface area contributed by atoms with Crippen LogP contribution >= 0.6 is 0 Å². The van der Waals surface area contributed by atoms with Crippen molar-refractivity contribution in [1.82, 2.24) is 0 Å². The van der Waals surface area contributed by atoms with Gasteiger partial charge in [-0.05, 0) is 48.8 Å². The predicted molar refractivity (Wildman–Crippen MR) is 69.3 cm³/mol. The summed E-state index contributed by atoms with van der Waals surface area (Å²) in [6.45, 7) is 4.58. The Labute approximate surface area is 103 Å². The highest BCUT2D eigenvalue weighted by Crippen LogP contribution is 2.41. The third-order valence-electron chi connectivity index (χ3n) is 3.83. The van der Waals surface area contributed by atoms with Gasteiger partial charge in [-0.2, -0.15) is 0 Å². The van der Waals surface area contributed by atoms with Crippen molar-refractivity contribution < 1.29 is 4.39 Å². The molecule has 2 N–H and O–H groups in total. The van der Waals surface area contributed by atoms with Crippen LogP contribution in [-0.4, -0.2) is 5.54 Å². The molecule has 0 heterocycles. The smallest absolute Gasteiger partial charge is 0.123 e. The summed E-state index contributed by atoms with van der Waals surface area (Å²) in [5.74, 6) is -0.177. The number of halogens is 1. The zero-order valence-corrected chi connectivity index (χ0v) is 10.8. The van der Waals surface area contributed by atoms with Crippen molar-refractivity contribution in [3.05, 3.63) is 35.6 Å². The topological polar surface area (TPSA) is 26.0 Å². The Kier molecular flexibility index (Phi) is 3.26. The van der Waals surface area contributed by atoms with Crippen molar-refractivity contribution in [2.45, 2.75) is 51.5 Å². The summed E-state index contributed by atoms with van der Waals surface area (Å²) in [6, 6.07) is 6.75. The molecule has 1 atom stereocenters. The molecule has 1 aliphatic carbocycles. The Bertz CT molecular complexity index is 382. The van der Waals surface area contributed by atoms with Crippen molar-refractivity contribution >= 4 is 0 Å². The Morgan fingerprint density at radius 1 is 1.18 bits per heavy atom. The maximum atomic E-state index is 12.9. The van der Waals surface area contributed by atoms with Crippen molar-refractivity contribution in [3.8, 4) is 0 Å². The minimum Gasteiger partial charge on any atom is -0.325 e. The molecule has 0 aromatic heterocycles. The molecule has 2 heteroatoms. The van der Waals surface area contributed by atoms with Crippen molar-refractivity contribution in [1.29, 1.82) is 0 Å². The van der Waals surface area contributed by atoms with E-state index in [0.717, 1.165) is 24.8 Å². The van der Waals surface area contributed by atoms with Gasteiger partial charge in [-0.15, -0.1) is 0 Å². The van der Waals surface area contributed by atoms with Crippen LogP contribution in [0.4, 0.5) is 4.39 Å². The van der Waals surface area contributed by atoms with Crippen molar-refractivity contribution in [3.63, 3.8) is 0 Å². The zero-order chi connectivity index (χ0) is 12.5. The third-order valence-corrected chi connectivity index (χ3v) is 3.83. The highest BCUT2D eigenvalue weighted by atomic mass is 19.1. The van der Waals surface area contributed by atoms with E-state index in [9.17, 15) is 4.39 Å². The summed E-state index contributed by atoms with van der Waals surface area (Å²) in [7, 11) is 0. The fraction of sp³-hybridized carbons (Fsp3) is 0.600. The lowest BCUT2D eigenvalue weighted by Crippen LogP contribution is -2.48. The molecule has 1 aromatic carbocycles. The van der Waals surface area contributed by atoms with E-state index in [1.54, 1.807) is 0 Å². The second-order valence-corrected chi connectivity index (χ2v) is 6.36. The van der Waals surface area contributed by atoms with E-state index in [-0.39, 0.29) is 11.4 Å². The van der Waals surface area contributed by atoms with Crippen LogP contribution < -0.4 is 5.73 Å². The quantitative estimate of drug-likeness (QED) is 0.831. The molecule has 0 amide bonds. The van der Waals surface area contributed by atoms with Crippen LogP contribution in [0.25, 0.3) is 0 Å². The van der Waals surface area contributed by atoms with Gasteiger partial charge in [0.1, 0.15) is 5.82 Å². The van der Waals surface area contributed by atoms with E-state index in [1.807, 2.05) is 12.1 Å². The minimum atomic E-state index is -0.177. The number of nitrogens with two attached hydrogens (primary N) is 1. The first-order chi connectivity index (χ1) is 7.89. The van der Waals surface area contributed by atoms with Crippen LogP contribution in [0.3, 0.4) is 0 Å². The summed E-state index contributed by atoms with van der Waals surface area (Å²) >= 11 is 0. The predicted octanol–water partition coefficient (Wildman–Crippen LogP) is 3.67. The molecule has 1 aliphatic rings. The van der Waals surface area contributed by atoms with Gasteiger partial charge in [-0.1, -0.05) is 32.4 Å². The summed E-state index contributed by atoms with van der Waals surface area (Å²) in [4.78, 5) is 0. The van der Waals surface area contributed by atoms with Gasteiger partial charge < -0.3 is 5.73 Å². The van der Waals surface area contributed by atoms with E-state index < -0.39 is 0 Å². The zero-order valence-electron chi connectivity index (χ0n) is 10.8. The highest BCUT2D eigenvalue weighted by molar-refractivity contribution is 5.19. The van der Waals surface area contributed by atoms with Crippen LogP contribution in [0.2, 0.25) is 0 Å². The van der Waals surface area contributed by atoms with E-state index >= 15 is 0 Å². The molecular weight excluding hydrogens is 213 g/mol. The molecule has 1 nitrogen and oxygen atoms in total. The molecule has 0 radical (unpaired) electrons. The second-order valence-electron chi connectivity index (χ2n) is 6.36. The Morgan fingerprint density at radius 3 is 2.41 bits per heavy atom. The molecule has 0 saturated heterocycles. The van der Waals surface area contributed by atoms with Gasteiger partial charge in [0.25, 0.3) is 0 Å². The largest absolute Gasteiger partial charge is 0.325 e. The molecule has 0 spiro atoms. The average Bonchev–Trinajstić information content (AvgIpc) is 2.19. The van der Waals surface area contributed by atoms with E-state index in [1.165, 1.54) is 25.0 Å². The number of hydrogen-bond donors (Lipinski definition) is 1. The molecule has 2 rings (SSSR count). The molecule has 94 valence electrons. The van der Waals surface area contributed by atoms with Crippen LogP contribution in [0.1, 0.15) is 45.1 Å². The van der Waals surface area contributed by atoms with Crippen molar-refractivity contribution in [2.24, 2.45) is 11.1 Å². The minimum absolute atomic E-state index is 0.112. The normalized spacial score (nSPS) is 28.0. The van der Waals surface area contributed by atoms with Gasteiger partial charge in [0, 0.05) is 5.54 Å². The lowest BCUT2D eigenvalue weighted by atomic mass is 9.66. The summed E-state index contributed by atoms with van der Waals surface area (Å²) in [5.41, 5.74) is 7.88. The van der Waals surface area contributed by atoms with Crippen LogP contribution in [-0.2, 0) is 6.42 Å². The first-order valence-corrected chi connectivity index (χ1v) is 6.42. The summed E-state index contributed by atoms with van der Waals surface area (Å²) in [5, 5.41) is 0. The van der Waals surface area contributed by atoms with Gasteiger partial charge >= 0.3 is 0 Å². The highest BCUT2D eigenvalue weighted by Gasteiger charge is 2.36. The van der Waals surface area contributed by atoms with Crippen LogP contribution in [0, 0.1) is 11.2 Å². The monoisotopic (exact) mass is 235 g/mol. The van der Waals surface area contributed by atoms with Gasteiger partial charge in [0.05, 0.1) is 0 Å². The standard InChI is InChI=1S/C15H22FN/c1-14(2)8-3-9-15(17,11-14)10-12-4-6-13(16)7-5-12/h4-7H,3,8-11,17H2,1-2H3. The summed E-state index contributed by atoms with van der Waals surface area (Å²) in [6.07, 6.45) is 5.45. The second kappa shape index (κ2) is 4.41. The summed E-state index contributed by atoms with van der Waals surface area (Å²) < 4.78 is 12.9. The van der Waals surface area contributed by atoms with Gasteiger partial charge in [0.2, 0.25) is 0 Å². The molecule has 1 saturated carbocycles. The van der Waals surface area contributed by atoms with E-state index in [0.29, 0.717) is 5.41 Å². The van der Waals surface area contributed by atoms with Crippen molar-refractivity contribution in [2.75, 3.05) is 0 Å². The molecular formula is C15H22FN. The number of benzene rings is 1. The molecule has 1 unspecified atom stereocenters. The first-order valence-electron chi connectivity index (χ1n) is 6.42. The lowest BCUT2D eigenvalue weighted by molar-refractivity contribution is 0.151. The van der Waals surface area contributed by atoms with Gasteiger partial charge in [-0.3, -0.25) is 0 Å². The van der Waals surface area contributed by atoms with Crippen LogP contribution in [0.5, 0.6) is 0 Å². The van der Waals surface area contributed by atoms with Gasteiger partial charge in [-0.25, -0.2) is 4.39 Å². The SMILES string of the molecule is CC1(C)CCCC(N)(Cc2ccc(F)cc2)C1. The Hall–Kier alpha value is -0.890. The average molecular weight is 235 g/mol. The Morgan fingerprint density at radius 2 is 1.82 bits per heavy atom. The fourth-order valence-corrected chi connectivity index (χ4v) is 3.21. The molecule has 1 aromatic rings. The van der Waals surface area contributed by atoms with Crippen LogP contribution in [0.15, 0.2) is 24.3 Å². The molecule has 0 aliphatic heterocycles. The van der Waals surface area contributed by atoms with E-state index in [2.05, 4.69) is 13.8 Å². The molecule has 0 bridgehead atoms. The maximum absolute atomic E-state index is 12.9. The van der Waals surface area contributed by atoms with E-state index in [4.69, 9.17) is 5.73 Å². The molecule has 1 fully saturated rings. The molecule has 17 heavy (non-hydrogen) atoms. The third kappa shape index (κ3) is 3.29. The number of hydrogen-bond acceptors (Lipinski definition) is 1. The number of rotatable bonds is 2.